The van der Waals surface area contributed by atoms with Crippen molar-refractivity contribution in [3.8, 4) is 0 Å². The summed E-state index contributed by atoms with van der Waals surface area (Å²) < 4.78 is 1.83. The molecule has 1 fully saturated rings. The van der Waals surface area contributed by atoms with Gasteiger partial charge in [-0.05, 0) is 26.3 Å². The van der Waals surface area contributed by atoms with Crippen LogP contribution in [0, 0.1) is 0 Å². The van der Waals surface area contributed by atoms with Crippen molar-refractivity contribution in [3.05, 3.63) is 54.2 Å². The van der Waals surface area contributed by atoms with E-state index in [9.17, 15) is 4.79 Å². The number of benzene rings is 1. The van der Waals surface area contributed by atoms with E-state index in [4.69, 9.17) is 0 Å². The zero-order chi connectivity index (χ0) is 19.9. The molecule has 28 heavy (non-hydrogen) atoms. The molecule has 1 aliphatic rings. The highest BCUT2D eigenvalue weighted by Crippen LogP contribution is 2.15. The molecule has 6 heteroatoms. The van der Waals surface area contributed by atoms with Gasteiger partial charge in [-0.3, -0.25) is 14.6 Å². The smallest absolute Gasteiger partial charge is 0.242 e. The average Bonchev–Trinajstić information content (AvgIpc) is 3.17. The number of piperazine rings is 1. The number of carbonyl (C=O) groups is 1. The van der Waals surface area contributed by atoms with Gasteiger partial charge >= 0.3 is 0 Å². The van der Waals surface area contributed by atoms with Gasteiger partial charge in [0.2, 0.25) is 5.91 Å². The minimum atomic E-state index is -0.155. The standard InChI is InChI=1S/C22H31N5O/c1-18(2)27-21(11-12-23-27)24-22(28)19(3)26-16-14-25(15-17-26)13-7-10-20-8-5-4-6-9-20/h4-12,18-19H,13-17H2,1-3H3,(H,24,28)/b10-7+. The first-order valence-electron chi connectivity index (χ1n) is 10.1. The lowest BCUT2D eigenvalue weighted by molar-refractivity contribution is -0.121. The van der Waals surface area contributed by atoms with Gasteiger partial charge in [0.25, 0.3) is 0 Å². The average molecular weight is 382 g/mol. The minimum Gasteiger partial charge on any atom is -0.310 e. The summed E-state index contributed by atoms with van der Waals surface area (Å²) in [6.07, 6.45) is 6.11. The molecule has 1 saturated heterocycles. The Morgan fingerprint density at radius 3 is 2.50 bits per heavy atom. The third kappa shape index (κ3) is 5.30. The second-order valence-electron chi connectivity index (χ2n) is 7.57. The number of nitrogens with zero attached hydrogens (tertiary/aromatic N) is 4. The molecule has 3 rings (SSSR count). The number of rotatable bonds is 7. The van der Waals surface area contributed by atoms with Crippen LogP contribution < -0.4 is 5.32 Å². The van der Waals surface area contributed by atoms with E-state index in [0.717, 1.165) is 38.5 Å². The second-order valence-corrected chi connectivity index (χ2v) is 7.57. The fraction of sp³-hybridized carbons (Fsp3) is 0.455. The Kier molecular flexibility index (Phi) is 7.01. The summed E-state index contributed by atoms with van der Waals surface area (Å²) in [6.45, 7) is 10.8. The normalized spacial score (nSPS) is 17.3. The summed E-state index contributed by atoms with van der Waals surface area (Å²) in [5.41, 5.74) is 1.23. The fourth-order valence-electron chi connectivity index (χ4n) is 3.46. The maximum Gasteiger partial charge on any atom is 0.242 e. The van der Waals surface area contributed by atoms with E-state index < -0.39 is 0 Å². The number of hydrogen-bond acceptors (Lipinski definition) is 4. The molecule has 1 aromatic heterocycles. The molecule has 1 atom stereocenters. The molecule has 0 radical (unpaired) electrons. The van der Waals surface area contributed by atoms with Crippen LogP contribution in [0.25, 0.3) is 6.08 Å². The van der Waals surface area contributed by atoms with E-state index in [1.54, 1.807) is 6.20 Å². The van der Waals surface area contributed by atoms with Gasteiger partial charge in [0.15, 0.2) is 0 Å². The zero-order valence-electron chi connectivity index (χ0n) is 17.1. The summed E-state index contributed by atoms with van der Waals surface area (Å²) in [7, 11) is 0. The third-order valence-electron chi connectivity index (χ3n) is 5.22. The van der Waals surface area contributed by atoms with Crippen LogP contribution in [-0.4, -0.2) is 64.3 Å². The Labute approximate surface area is 167 Å². The number of aromatic nitrogens is 2. The van der Waals surface area contributed by atoms with Crippen molar-refractivity contribution < 1.29 is 4.79 Å². The van der Waals surface area contributed by atoms with Gasteiger partial charge in [-0.1, -0.05) is 42.5 Å². The van der Waals surface area contributed by atoms with Gasteiger partial charge in [0, 0.05) is 44.8 Å². The van der Waals surface area contributed by atoms with Crippen molar-refractivity contribution in [1.29, 1.82) is 0 Å². The largest absolute Gasteiger partial charge is 0.310 e. The quantitative estimate of drug-likeness (QED) is 0.801. The van der Waals surface area contributed by atoms with Crippen LogP contribution >= 0.6 is 0 Å². The van der Waals surface area contributed by atoms with Gasteiger partial charge in [-0.15, -0.1) is 0 Å². The fourth-order valence-corrected chi connectivity index (χ4v) is 3.46. The van der Waals surface area contributed by atoms with E-state index in [0.29, 0.717) is 0 Å². The number of anilines is 1. The topological polar surface area (TPSA) is 53.4 Å². The summed E-state index contributed by atoms with van der Waals surface area (Å²) in [5, 5.41) is 7.30. The molecule has 1 aromatic carbocycles. The highest BCUT2D eigenvalue weighted by molar-refractivity contribution is 5.93. The molecule has 150 valence electrons. The first-order chi connectivity index (χ1) is 13.5. The molecule has 2 heterocycles. The van der Waals surface area contributed by atoms with Gasteiger partial charge < -0.3 is 5.32 Å². The number of hydrogen-bond donors (Lipinski definition) is 1. The van der Waals surface area contributed by atoms with Crippen molar-refractivity contribution in [3.63, 3.8) is 0 Å². The minimum absolute atomic E-state index is 0.0276. The van der Waals surface area contributed by atoms with Crippen LogP contribution in [0.15, 0.2) is 48.7 Å². The number of carbonyl (C=O) groups excluding carboxylic acids is 1. The molecular formula is C22H31N5O. The van der Waals surface area contributed by atoms with Crippen molar-refractivity contribution in [2.24, 2.45) is 0 Å². The molecule has 1 aliphatic heterocycles. The van der Waals surface area contributed by atoms with Gasteiger partial charge in [0.1, 0.15) is 5.82 Å². The van der Waals surface area contributed by atoms with Gasteiger partial charge in [-0.2, -0.15) is 5.10 Å². The van der Waals surface area contributed by atoms with Gasteiger partial charge in [-0.25, -0.2) is 4.68 Å². The first-order valence-corrected chi connectivity index (χ1v) is 10.1. The van der Waals surface area contributed by atoms with Crippen molar-refractivity contribution in [2.45, 2.75) is 32.9 Å². The Morgan fingerprint density at radius 2 is 1.82 bits per heavy atom. The molecule has 0 bridgehead atoms. The summed E-state index contributed by atoms with van der Waals surface area (Å²) >= 11 is 0. The van der Waals surface area contributed by atoms with Crippen LogP contribution in [0.4, 0.5) is 5.82 Å². The van der Waals surface area contributed by atoms with Crippen LogP contribution in [0.5, 0.6) is 0 Å². The molecule has 1 N–H and O–H groups in total. The summed E-state index contributed by atoms with van der Waals surface area (Å²) in [5.74, 6) is 0.788. The SMILES string of the molecule is CC(C(=O)Nc1ccnn1C(C)C)N1CCN(C/C=C/c2ccccc2)CC1. The third-order valence-corrected chi connectivity index (χ3v) is 5.22. The first kappa shape index (κ1) is 20.3. The Balaban J connectivity index is 1.45. The molecular weight excluding hydrogens is 350 g/mol. The van der Waals surface area contributed by atoms with Crippen LogP contribution in [0.1, 0.15) is 32.4 Å². The summed E-state index contributed by atoms with van der Waals surface area (Å²) in [4.78, 5) is 17.4. The molecule has 2 aromatic rings. The van der Waals surface area contributed by atoms with E-state index in [-0.39, 0.29) is 18.0 Å². The van der Waals surface area contributed by atoms with E-state index >= 15 is 0 Å². The summed E-state index contributed by atoms with van der Waals surface area (Å²) in [6, 6.07) is 12.3. The van der Waals surface area contributed by atoms with Crippen LogP contribution in [0.2, 0.25) is 0 Å². The molecule has 6 nitrogen and oxygen atoms in total. The lowest BCUT2D eigenvalue weighted by atomic mass is 10.2. The molecule has 0 aliphatic carbocycles. The van der Waals surface area contributed by atoms with Crippen molar-refractivity contribution in [1.82, 2.24) is 19.6 Å². The second kappa shape index (κ2) is 9.66. The molecule has 0 spiro atoms. The lowest BCUT2D eigenvalue weighted by Gasteiger charge is -2.37. The number of amides is 1. The van der Waals surface area contributed by atoms with E-state index in [2.05, 4.69) is 70.5 Å². The Morgan fingerprint density at radius 1 is 1.11 bits per heavy atom. The van der Waals surface area contributed by atoms with Crippen LogP contribution in [-0.2, 0) is 4.79 Å². The van der Waals surface area contributed by atoms with Crippen molar-refractivity contribution in [2.75, 3.05) is 38.0 Å². The van der Waals surface area contributed by atoms with Crippen LogP contribution in [0.3, 0.4) is 0 Å². The van der Waals surface area contributed by atoms with Gasteiger partial charge in [0.05, 0.1) is 12.2 Å². The predicted octanol–water partition coefficient (Wildman–Crippen LogP) is 3.12. The molecule has 1 unspecified atom stereocenters. The highest BCUT2D eigenvalue weighted by Gasteiger charge is 2.25. The molecule has 0 saturated carbocycles. The number of nitrogens with one attached hydrogen (secondary N) is 1. The van der Waals surface area contributed by atoms with Crippen molar-refractivity contribution >= 4 is 17.8 Å². The van der Waals surface area contributed by atoms with E-state index in [1.807, 2.05) is 23.7 Å². The maximum absolute atomic E-state index is 12.7. The Hall–Kier alpha value is -2.44. The zero-order valence-corrected chi connectivity index (χ0v) is 17.1. The van der Waals surface area contributed by atoms with E-state index in [1.165, 1.54) is 5.56 Å². The molecule has 1 amide bonds. The highest BCUT2D eigenvalue weighted by atomic mass is 16.2. The Bertz CT molecular complexity index is 775. The lowest BCUT2D eigenvalue weighted by Crippen LogP contribution is -2.52. The monoisotopic (exact) mass is 381 g/mol. The maximum atomic E-state index is 12.7. The predicted molar refractivity (Wildman–Crippen MR) is 114 cm³/mol.